The van der Waals surface area contributed by atoms with Gasteiger partial charge < -0.3 is 0 Å². The van der Waals surface area contributed by atoms with Crippen molar-refractivity contribution in [3.63, 3.8) is 0 Å². The number of ketones is 1. The molecule has 3 rings (SSSR count). The van der Waals surface area contributed by atoms with Crippen molar-refractivity contribution in [2.45, 2.75) is 0 Å². The Kier molecular flexibility index (Phi) is 7.01. The Morgan fingerprint density at radius 2 is 1.21 bits per heavy atom. The van der Waals surface area contributed by atoms with Crippen LogP contribution in [0.2, 0.25) is 25.1 Å². The molecule has 29 heavy (non-hydrogen) atoms. The summed E-state index contributed by atoms with van der Waals surface area (Å²) in [4.78, 5) is 26.0. The molecule has 0 amide bonds. The second kappa shape index (κ2) is 9.14. The lowest BCUT2D eigenvalue weighted by molar-refractivity contribution is 0.103. The first-order chi connectivity index (χ1) is 13.7. The van der Waals surface area contributed by atoms with Crippen LogP contribution in [0.3, 0.4) is 0 Å². The number of rotatable bonds is 5. The molecule has 0 aliphatic rings. The zero-order chi connectivity index (χ0) is 21.3. The Morgan fingerprint density at radius 3 is 1.86 bits per heavy atom. The van der Waals surface area contributed by atoms with Crippen LogP contribution in [0.5, 0.6) is 0 Å². The summed E-state index contributed by atoms with van der Waals surface area (Å²) in [6.45, 7) is 0. The molecule has 0 heterocycles. The van der Waals surface area contributed by atoms with E-state index in [2.05, 4.69) is 0 Å². The van der Waals surface area contributed by atoms with E-state index in [0.29, 0.717) is 0 Å². The number of carbonyl (C=O) groups is 2. The maximum atomic E-state index is 13.1. The molecule has 0 aliphatic carbocycles. The molecule has 1 radical (unpaired) electrons. The highest BCUT2D eigenvalue weighted by molar-refractivity contribution is 7.71. The molecule has 9 heteroatoms. The standard InChI is InChI=1S/C20H9Cl5O3P/c21-11-5-3-6-12(22)16(11)20(27)29(28)15-7-2-1-4-10(15)19(26)17-13(23)8-9-14(24)18(17)25/h1-9H. The van der Waals surface area contributed by atoms with Crippen molar-refractivity contribution in [2.24, 2.45) is 0 Å². The molecule has 0 spiro atoms. The fourth-order valence-electron chi connectivity index (χ4n) is 2.63. The van der Waals surface area contributed by atoms with Gasteiger partial charge in [0, 0.05) is 5.56 Å². The van der Waals surface area contributed by atoms with Crippen LogP contribution in [0, 0.1) is 0 Å². The number of benzene rings is 3. The number of hydrogen-bond donors (Lipinski definition) is 0. The SMILES string of the molecule is O=C(c1ccccc1[P](=O)C(=O)c1c(Cl)cccc1Cl)c1c(Cl)ccc(Cl)c1Cl. The maximum Gasteiger partial charge on any atom is 0.249 e. The van der Waals surface area contributed by atoms with Crippen LogP contribution in [0.4, 0.5) is 0 Å². The van der Waals surface area contributed by atoms with Crippen LogP contribution in [0.15, 0.2) is 54.6 Å². The van der Waals surface area contributed by atoms with E-state index < -0.39 is 19.1 Å². The van der Waals surface area contributed by atoms with Gasteiger partial charge in [-0.2, -0.15) is 0 Å². The van der Waals surface area contributed by atoms with Crippen LogP contribution in [0.25, 0.3) is 0 Å². The molecule has 147 valence electrons. The van der Waals surface area contributed by atoms with Crippen molar-refractivity contribution in [1.82, 2.24) is 0 Å². The monoisotopic (exact) mass is 503 g/mol. The third-order valence-electron chi connectivity index (χ3n) is 4.00. The third kappa shape index (κ3) is 4.36. The first-order valence-electron chi connectivity index (χ1n) is 7.96. The molecule has 0 saturated carbocycles. The number of hydrogen-bond acceptors (Lipinski definition) is 3. The maximum absolute atomic E-state index is 13.1. The minimum Gasteiger partial charge on any atom is -0.288 e. The third-order valence-corrected chi connectivity index (χ3v) is 7.17. The molecule has 3 aromatic carbocycles. The average Bonchev–Trinajstić information content (AvgIpc) is 2.70. The van der Waals surface area contributed by atoms with Crippen LogP contribution in [0.1, 0.15) is 26.3 Å². The molecule has 1 unspecified atom stereocenters. The van der Waals surface area contributed by atoms with Gasteiger partial charge >= 0.3 is 0 Å². The van der Waals surface area contributed by atoms with E-state index >= 15 is 0 Å². The fourth-order valence-corrected chi connectivity index (χ4v) is 5.31. The minimum absolute atomic E-state index is 0.0104. The summed E-state index contributed by atoms with van der Waals surface area (Å²) >= 11 is 30.4. The van der Waals surface area contributed by atoms with Crippen LogP contribution in [-0.2, 0) is 4.57 Å². The van der Waals surface area contributed by atoms with Crippen molar-refractivity contribution < 1.29 is 14.2 Å². The van der Waals surface area contributed by atoms with E-state index in [4.69, 9.17) is 58.0 Å². The van der Waals surface area contributed by atoms with E-state index in [-0.39, 0.29) is 47.1 Å². The van der Waals surface area contributed by atoms with Gasteiger partial charge in [0.15, 0.2) is 13.6 Å². The van der Waals surface area contributed by atoms with E-state index in [9.17, 15) is 14.2 Å². The summed E-state index contributed by atoms with van der Waals surface area (Å²) in [7, 11) is -2.71. The Bertz CT molecular complexity index is 1160. The van der Waals surface area contributed by atoms with Gasteiger partial charge in [-0.3, -0.25) is 14.2 Å². The zero-order valence-electron chi connectivity index (χ0n) is 14.3. The van der Waals surface area contributed by atoms with Gasteiger partial charge in [-0.05, 0) is 36.4 Å². The lowest BCUT2D eigenvalue weighted by atomic mass is 10.0. The summed E-state index contributed by atoms with van der Waals surface area (Å²) in [6, 6.07) is 13.4. The predicted octanol–water partition coefficient (Wildman–Crippen LogP) is 7.48. The van der Waals surface area contributed by atoms with Crippen molar-refractivity contribution in [3.05, 3.63) is 96.4 Å². The van der Waals surface area contributed by atoms with E-state index in [1.807, 2.05) is 0 Å². The van der Waals surface area contributed by atoms with E-state index in [1.165, 1.54) is 36.4 Å². The topological polar surface area (TPSA) is 51.2 Å². The smallest absolute Gasteiger partial charge is 0.249 e. The highest BCUT2D eigenvalue weighted by Gasteiger charge is 2.28. The highest BCUT2D eigenvalue weighted by Crippen LogP contribution is 2.37. The Hall–Kier alpha value is -1.45. The Morgan fingerprint density at radius 1 is 0.655 bits per heavy atom. The van der Waals surface area contributed by atoms with Gasteiger partial charge in [-0.15, -0.1) is 0 Å². The van der Waals surface area contributed by atoms with Gasteiger partial charge in [-0.25, -0.2) is 0 Å². The summed E-state index contributed by atoms with van der Waals surface area (Å²) in [5.41, 5.74) is -0.895. The average molecular weight is 506 g/mol. The minimum atomic E-state index is -2.71. The largest absolute Gasteiger partial charge is 0.288 e. The van der Waals surface area contributed by atoms with Gasteiger partial charge in [0.1, 0.15) is 0 Å². The van der Waals surface area contributed by atoms with Crippen molar-refractivity contribution in [3.8, 4) is 0 Å². The summed E-state index contributed by atoms with van der Waals surface area (Å²) in [5.74, 6) is -0.612. The second-order valence-electron chi connectivity index (χ2n) is 5.76. The lowest BCUT2D eigenvalue weighted by Gasteiger charge is -2.11. The van der Waals surface area contributed by atoms with Crippen LogP contribution in [-0.4, -0.2) is 11.3 Å². The van der Waals surface area contributed by atoms with E-state index in [1.54, 1.807) is 18.2 Å². The molecule has 3 aromatic rings. The van der Waals surface area contributed by atoms with Crippen molar-refractivity contribution in [1.29, 1.82) is 0 Å². The Balaban J connectivity index is 2.11. The predicted molar refractivity (Wildman–Crippen MR) is 119 cm³/mol. The van der Waals surface area contributed by atoms with Gasteiger partial charge in [0.05, 0.1) is 41.5 Å². The van der Waals surface area contributed by atoms with Gasteiger partial charge in [0.25, 0.3) is 0 Å². The van der Waals surface area contributed by atoms with Crippen molar-refractivity contribution in [2.75, 3.05) is 0 Å². The van der Waals surface area contributed by atoms with Crippen LogP contribution < -0.4 is 5.30 Å². The van der Waals surface area contributed by atoms with Gasteiger partial charge in [0.2, 0.25) is 5.52 Å². The summed E-state index contributed by atoms with van der Waals surface area (Å²) < 4.78 is 13.1. The number of carbonyl (C=O) groups excluding carboxylic acids is 2. The zero-order valence-corrected chi connectivity index (χ0v) is 18.9. The molecular weight excluding hydrogens is 496 g/mol. The lowest BCUT2D eigenvalue weighted by Crippen LogP contribution is -2.16. The summed E-state index contributed by atoms with van der Waals surface area (Å²) in [5, 5.41) is 0.330. The first kappa shape index (κ1) is 22.2. The quantitative estimate of drug-likeness (QED) is 0.205. The molecule has 0 aromatic heterocycles. The number of halogens is 5. The molecule has 0 saturated heterocycles. The molecule has 0 fully saturated rings. The fraction of sp³-hybridized carbons (Fsp3) is 0. The van der Waals surface area contributed by atoms with Crippen molar-refractivity contribution >= 4 is 82.4 Å². The molecule has 0 bridgehead atoms. The highest BCUT2D eigenvalue weighted by atomic mass is 35.5. The van der Waals surface area contributed by atoms with Gasteiger partial charge in [-0.1, -0.05) is 76.2 Å². The first-order valence-corrected chi connectivity index (χ1v) is 11.1. The molecule has 3 nitrogen and oxygen atoms in total. The Labute approximate surface area is 192 Å². The van der Waals surface area contributed by atoms with Crippen LogP contribution >= 0.6 is 65.8 Å². The summed E-state index contributed by atoms with van der Waals surface area (Å²) in [6.07, 6.45) is 0. The molecular formula is C20H9Cl5O3P. The van der Waals surface area contributed by atoms with E-state index in [0.717, 1.165) is 0 Å². The molecule has 0 aliphatic heterocycles. The normalized spacial score (nSPS) is 11.3. The second-order valence-corrected chi connectivity index (χ2v) is 9.24. The molecule has 0 N–H and O–H groups in total. The molecule has 1 atom stereocenters.